The van der Waals surface area contributed by atoms with E-state index in [1.165, 1.54) is 5.56 Å². The van der Waals surface area contributed by atoms with Gasteiger partial charge in [-0.3, -0.25) is 0 Å². The van der Waals surface area contributed by atoms with Gasteiger partial charge >= 0.3 is 11.9 Å². The molecule has 0 aliphatic carbocycles. The van der Waals surface area contributed by atoms with Gasteiger partial charge in [0.05, 0.1) is 13.2 Å². The van der Waals surface area contributed by atoms with Gasteiger partial charge in [-0.25, -0.2) is 9.59 Å². The van der Waals surface area contributed by atoms with Crippen molar-refractivity contribution < 1.29 is 29.6 Å². The fourth-order valence-electron chi connectivity index (χ4n) is 1.30. The lowest BCUT2D eigenvalue weighted by Gasteiger charge is -2.08. The number of carbonyl (C=O) groups is 2. The van der Waals surface area contributed by atoms with Crippen molar-refractivity contribution in [1.29, 1.82) is 0 Å². The van der Waals surface area contributed by atoms with Gasteiger partial charge in [0.25, 0.3) is 0 Å². The zero-order valence-electron chi connectivity index (χ0n) is 11.9. The molecule has 0 heterocycles. The summed E-state index contributed by atoms with van der Waals surface area (Å²) in [7, 11) is 0. The van der Waals surface area contributed by atoms with Crippen LogP contribution in [0.4, 0.5) is 0 Å². The average Bonchev–Trinajstić information content (AvgIpc) is 2.45. The molecule has 1 aromatic rings. The highest BCUT2D eigenvalue weighted by molar-refractivity contribution is 6.27. The summed E-state index contributed by atoms with van der Waals surface area (Å²) in [6.07, 6.45) is 0.953. The van der Waals surface area contributed by atoms with E-state index in [0.717, 1.165) is 18.7 Å². The first kappa shape index (κ1) is 18.9. The molecule has 0 atom stereocenters. The third kappa shape index (κ3) is 10.3. The number of carboxylic acid groups (broad SMARTS) is 2. The van der Waals surface area contributed by atoms with Crippen LogP contribution in [0.3, 0.4) is 0 Å². The minimum atomic E-state index is -1.82. The van der Waals surface area contributed by atoms with Crippen molar-refractivity contribution >= 4 is 11.9 Å². The van der Waals surface area contributed by atoms with Gasteiger partial charge < -0.3 is 25.4 Å². The Hall–Kier alpha value is -2.12. The Morgan fingerprint density at radius 3 is 2.29 bits per heavy atom. The zero-order chi connectivity index (χ0) is 16.1. The summed E-state index contributed by atoms with van der Waals surface area (Å²) in [5.41, 5.74) is 1.17. The number of hydrogen-bond acceptors (Lipinski definition) is 5. The third-order valence-corrected chi connectivity index (χ3v) is 2.32. The molecule has 0 radical (unpaired) electrons. The van der Waals surface area contributed by atoms with Crippen molar-refractivity contribution in [1.82, 2.24) is 5.32 Å². The highest BCUT2D eigenvalue weighted by atomic mass is 16.5. The molecular weight excluding hydrogens is 278 g/mol. The number of aryl methyl sites for hydroxylation is 1. The van der Waals surface area contributed by atoms with Crippen LogP contribution in [0.5, 0.6) is 5.75 Å². The molecule has 0 aromatic heterocycles. The number of aliphatic hydroxyl groups excluding tert-OH is 1. The van der Waals surface area contributed by atoms with E-state index in [9.17, 15) is 0 Å². The molecule has 0 aliphatic heterocycles. The summed E-state index contributed by atoms with van der Waals surface area (Å²) in [6, 6.07) is 8.01. The van der Waals surface area contributed by atoms with E-state index in [1.807, 2.05) is 31.2 Å². The van der Waals surface area contributed by atoms with Gasteiger partial charge in [0, 0.05) is 6.54 Å². The quantitative estimate of drug-likeness (QED) is 0.428. The molecule has 0 spiro atoms. The van der Waals surface area contributed by atoms with Crippen molar-refractivity contribution in [3.8, 4) is 5.75 Å². The molecule has 7 heteroatoms. The Morgan fingerprint density at radius 1 is 1.14 bits per heavy atom. The van der Waals surface area contributed by atoms with Crippen molar-refractivity contribution in [2.45, 2.75) is 13.3 Å². The topological polar surface area (TPSA) is 116 Å². The second-order valence-corrected chi connectivity index (χ2v) is 4.05. The first-order valence-electron chi connectivity index (χ1n) is 6.45. The molecule has 1 rings (SSSR count). The van der Waals surface area contributed by atoms with E-state index in [2.05, 4.69) is 5.32 Å². The van der Waals surface area contributed by atoms with Gasteiger partial charge in [0.2, 0.25) is 0 Å². The van der Waals surface area contributed by atoms with Crippen molar-refractivity contribution in [3.05, 3.63) is 29.8 Å². The van der Waals surface area contributed by atoms with Gasteiger partial charge in [0.15, 0.2) is 0 Å². The number of nitrogens with one attached hydrogen (secondary N) is 1. The van der Waals surface area contributed by atoms with E-state index in [1.54, 1.807) is 0 Å². The van der Waals surface area contributed by atoms with Crippen LogP contribution in [0.1, 0.15) is 12.0 Å². The van der Waals surface area contributed by atoms with Crippen LogP contribution < -0.4 is 10.1 Å². The van der Waals surface area contributed by atoms with E-state index in [0.29, 0.717) is 13.2 Å². The number of carboxylic acids is 2. The molecule has 0 saturated carbocycles. The van der Waals surface area contributed by atoms with Crippen molar-refractivity contribution in [2.24, 2.45) is 0 Å². The van der Waals surface area contributed by atoms with E-state index >= 15 is 0 Å². The van der Waals surface area contributed by atoms with Gasteiger partial charge in [-0.15, -0.1) is 0 Å². The van der Waals surface area contributed by atoms with Crippen LogP contribution in [-0.2, 0) is 9.59 Å². The van der Waals surface area contributed by atoms with E-state index < -0.39 is 11.9 Å². The monoisotopic (exact) mass is 299 g/mol. The van der Waals surface area contributed by atoms with Crippen LogP contribution in [-0.4, -0.2) is 53.6 Å². The van der Waals surface area contributed by atoms with Gasteiger partial charge in [-0.1, -0.05) is 18.2 Å². The summed E-state index contributed by atoms with van der Waals surface area (Å²) in [4.78, 5) is 18.2. The van der Waals surface area contributed by atoms with Crippen molar-refractivity contribution in [3.63, 3.8) is 0 Å². The molecule has 0 bridgehead atoms. The minimum Gasteiger partial charge on any atom is -0.493 e. The number of hydrogen-bond donors (Lipinski definition) is 4. The maximum absolute atomic E-state index is 9.10. The second kappa shape index (κ2) is 11.7. The lowest BCUT2D eigenvalue weighted by Crippen LogP contribution is -2.20. The van der Waals surface area contributed by atoms with E-state index in [-0.39, 0.29) is 6.61 Å². The highest BCUT2D eigenvalue weighted by Crippen LogP contribution is 2.15. The minimum absolute atomic E-state index is 0.193. The number of aliphatic carboxylic acids is 2. The SMILES string of the molecule is Cc1ccccc1OCCCNCCO.O=C(O)C(=O)O. The first-order chi connectivity index (χ1) is 9.99. The maximum atomic E-state index is 9.10. The second-order valence-electron chi connectivity index (χ2n) is 4.05. The fourth-order valence-corrected chi connectivity index (χ4v) is 1.30. The summed E-state index contributed by atoms with van der Waals surface area (Å²) in [6.45, 7) is 4.48. The Morgan fingerprint density at radius 2 is 1.76 bits per heavy atom. The van der Waals surface area contributed by atoms with Gasteiger partial charge in [-0.2, -0.15) is 0 Å². The number of para-hydroxylation sites is 1. The molecule has 118 valence electrons. The largest absolute Gasteiger partial charge is 0.493 e. The number of rotatable bonds is 7. The predicted octanol–water partition coefficient (Wildman–Crippen LogP) is 0.501. The molecule has 0 amide bonds. The average molecular weight is 299 g/mol. The molecule has 0 unspecified atom stereocenters. The summed E-state index contributed by atoms with van der Waals surface area (Å²) < 4.78 is 5.61. The predicted molar refractivity (Wildman–Crippen MR) is 76.5 cm³/mol. The smallest absolute Gasteiger partial charge is 0.414 e. The number of benzene rings is 1. The van der Waals surface area contributed by atoms with Crippen LogP contribution in [0.15, 0.2) is 24.3 Å². The molecule has 0 aliphatic rings. The molecule has 4 N–H and O–H groups in total. The molecule has 1 aromatic carbocycles. The zero-order valence-corrected chi connectivity index (χ0v) is 11.9. The van der Waals surface area contributed by atoms with Gasteiger partial charge in [-0.05, 0) is 31.5 Å². The Kier molecular flexibility index (Phi) is 10.5. The summed E-state index contributed by atoms with van der Waals surface area (Å²) >= 11 is 0. The molecule has 0 saturated heterocycles. The maximum Gasteiger partial charge on any atom is 0.414 e. The van der Waals surface area contributed by atoms with Crippen LogP contribution >= 0.6 is 0 Å². The molecule has 7 nitrogen and oxygen atoms in total. The Labute approximate surface area is 123 Å². The summed E-state index contributed by atoms with van der Waals surface area (Å²) in [5, 5.41) is 26.4. The first-order valence-corrected chi connectivity index (χ1v) is 6.45. The summed E-state index contributed by atoms with van der Waals surface area (Å²) in [5.74, 6) is -2.69. The Bertz CT molecular complexity index is 423. The van der Waals surface area contributed by atoms with Crippen molar-refractivity contribution in [2.75, 3.05) is 26.3 Å². The standard InChI is InChI=1S/C12H19NO2.C2H2O4/c1-11-5-2-3-6-12(11)15-10-4-7-13-8-9-14;3-1(4)2(5)6/h2-3,5-6,13-14H,4,7-10H2,1H3;(H,3,4)(H,5,6). The Balaban J connectivity index is 0.000000567. The fraction of sp³-hybridized carbons (Fsp3) is 0.429. The molecular formula is C14H21NO6. The van der Waals surface area contributed by atoms with E-state index in [4.69, 9.17) is 29.6 Å². The molecule has 21 heavy (non-hydrogen) atoms. The molecule has 0 fully saturated rings. The highest BCUT2D eigenvalue weighted by Gasteiger charge is 2.04. The van der Waals surface area contributed by atoms with Gasteiger partial charge in [0.1, 0.15) is 5.75 Å². The number of ether oxygens (including phenoxy) is 1. The van der Waals surface area contributed by atoms with Crippen LogP contribution in [0.2, 0.25) is 0 Å². The lowest BCUT2D eigenvalue weighted by molar-refractivity contribution is -0.159. The van der Waals surface area contributed by atoms with Crippen LogP contribution in [0.25, 0.3) is 0 Å². The third-order valence-electron chi connectivity index (χ3n) is 2.32. The van der Waals surface area contributed by atoms with Crippen LogP contribution in [0, 0.1) is 6.92 Å². The normalized spacial score (nSPS) is 9.43. The lowest BCUT2D eigenvalue weighted by atomic mass is 10.2. The number of aliphatic hydroxyl groups is 1.